The highest BCUT2D eigenvalue weighted by Gasteiger charge is 2.20. The smallest absolute Gasteiger partial charge is 0.315 e. The molecule has 2 N–H and O–H groups in total. The summed E-state index contributed by atoms with van der Waals surface area (Å²) < 4.78 is 5.46. The fourth-order valence-electron chi connectivity index (χ4n) is 3.11. The third-order valence-corrected chi connectivity index (χ3v) is 4.26. The van der Waals surface area contributed by atoms with Gasteiger partial charge in [-0.25, -0.2) is 14.8 Å². The van der Waals surface area contributed by atoms with Crippen LogP contribution in [-0.2, 0) is 19.4 Å². The second-order valence-electron chi connectivity index (χ2n) is 5.88. The Hall–Kier alpha value is -2.63. The maximum atomic E-state index is 12.1. The lowest BCUT2D eigenvalue weighted by atomic mass is 10.0. The average Bonchev–Trinajstić information content (AvgIpc) is 2.82. The highest BCUT2D eigenvalue weighted by molar-refractivity contribution is 5.74. The Morgan fingerprint density at radius 1 is 1.29 bits per heavy atom. The third-order valence-electron chi connectivity index (χ3n) is 4.26. The van der Waals surface area contributed by atoms with Crippen LogP contribution in [0.3, 0.4) is 0 Å². The Kier molecular flexibility index (Phi) is 5.25. The highest BCUT2D eigenvalue weighted by Crippen LogP contribution is 2.28. The number of nitrogens with zero attached hydrogens (tertiary/aromatic N) is 2. The molecule has 1 aliphatic carbocycles. The van der Waals surface area contributed by atoms with E-state index >= 15 is 0 Å². The van der Waals surface area contributed by atoms with E-state index in [1.54, 1.807) is 25.6 Å². The minimum absolute atomic E-state index is 0.120. The second-order valence-corrected chi connectivity index (χ2v) is 5.88. The number of hydrogen-bond acceptors (Lipinski definition) is 4. The molecule has 0 spiro atoms. The Morgan fingerprint density at radius 2 is 2.12 bits per heavy atom. The van der Waals surface area contributed by atoms with Crippen molar-refractivity contribution < 1.29 is 9.53 Å². The molecule has 3 rings (SSSR count). The average molecular weight is 326 g/mol. The largest absolute Gasteiger partial charge is 0.496 e. The van der Waals surface area contributed by atoms with Gasteiger partial charge in [0.25, 0.3) is 0 Å². The molecule has 0 radical (unpaired) electrons. The fourth-order valence-corrected chi connectivity index (χ4v) is 3.11. The van der Waals surface area contributed by atoms with Crippen LogP contribution < -0.4 is 15.4 Å². The van der Waals surface area contributed by atoms with Crippen molar-refractivity contribution in [3.8, 4) is 5.75 Å². The molecule has 6 heteroatoms. The summed E-state index contributed by atoms with van der Waals surface area (Å²) in [5.41, 5.74) is 2.52. The van der Waals surface area contributed by atoms with E-state index in [0.29, 0.717) is 12.4 Å². The van der Waals surface area contributed by atoms with E-state index in [-0.39, 0.29) is 12.1 Å². The van der Waals surface area contributed by atoms with E-state index in [2.05, 4.69) is 26.7 Å². The quantitative estimate of drug-likeness (QED) is 0.845. The number of benzene rings is 1. The molecule has 24 heavy (non-hydrogen) atoms. The van der Waals surface area contributed by atoms with E-state index in [1.165, 1.54) is 11.1 Å². The van der Waals surface area contributed by atoms with Crippen molar-refractivity contribution in [2.24, 2.45) is 0 Å². The molecule has 1 aromatic carbocycles. The van der Waals surface area contributed by atoms with Crippen molar-refractivity contribution in [2.45, 2.75) is 38.3 Å². The first-order valence-corrected chi connectivity index (χ1v) is 8.21. The zero-order chi connectivity index (χ0) is 16.8. The molecule has 2 aromatic rings. The minimum Gasteiger partial charge on any atom is -0.496 e. The van der Waals surface area contributed by atoms with Gasteiger partial charge in [0.15, 0.2) is 0 Å². The SMILES string of the molecule is COc1cccc2c1CCCC(NC(=O)NCc1ncccn1)C2. The van der Waals surface area contributed by atoms with Gasteiger partial charge in [-0.2, -0.15) is 0 Å². The topological polar surface area (TPSA) is 76.1 Å². The summed E-state index contributed by atoms with van der Waals surface area (Å²) in [4.78, 5) is 20.3. The van der Waals surface area contributed by atoms with Crippen LogP contribution in [0.5, 0.6) is 5.75 Å². The Morgan fingerprint density at radius 3 is 2.92 bits per heavy atom. The number of carbonyl (C=O) groups excluding carboxylic acids is 1. The molecule has 1 unspecified atom stereocenters. The third kappa shape index (κ3) is 4.01. The summed E-state index contributed by atoms with van der Waals surface area (Å²) in [6.07, 6.45) is 7.11. The van der Waals surface area contributed by atoms with Crippen molar-refractivity contribution in [3.05, 3.63) is 53.6 Å². The first-order valence-electron chi connectivity index (χ1n) is 8.21. The molecule has 6 nitrogen and oxygen atoms in total. The number of urea groups is 1. The summed E-state index contributed by atoms with van der Waals surface area (Å²) in [5.74, 6) is 1.54. The van der Waals surface area contributed by atoms with Gasteiger partial charge >= 0.3 is 6.03 Å². The molecule has 2 amide bonds. The van der Waals surface area contributed by atoms with Crippen LogP contribution >= 0.6 is 0 Å². The molecule has 0 saturated carbocycles. The fraction of sp³-hybridized carbons (Fsp3) is 0.389. The van der Waals surface area contributed by atoms with Gasteiger partial charge in [-0.1, -0.05) is 12.1 Å². The van der Waals surface area contributed by atoms with E-state index in [4.69, 9.17) is 4.74 Å². The minimum atomic E-state index is -0.182. The lowest BCUT2D eigenvalue weighted by Gasteiger charge is -2.17. The number of methoxy groups -OCH3 is 1. The predicted octanol–water partition coefficient (Wildman–Crippen LogP) is 2.23. The molecule has 0 fully saturated rings. The number of fused-ring (bicyclic) bond motifs is 1. The first-order chi connectivity index (χ1) is 11.8. The molecular weight excluding hydrogens is 304 g/mol. The molecular formula is C18H22N4O2. The van der Waals surface area contributed by atoms with Gasteiger partial charge in [-0.15, -0.1) is 0 Å². The Bertz CT molecular complexity index is 691. The maximum absolute atomic E-state index is 12.1. The van der Waals surface area contributed by atoms with Gasteiger partial charge in [0, 0.05) is 18.4 Å². The number of hydrogen-bond donors (Lipinski definition) is 2. The number of carbonyl (C=O) groups is 1. The molecule has 126 valence electrons. The van der Waals surface area contributed by atoms with Crippen molar-refractivity contribution in [2.75, 3.05) is 7.11 Å². The molecule has 1 atom stereocenters. The molecule has 0 aliphatic heterocycles. The van der Waals surface area contributed by atoms with Gasteiger partial charge in [-0.3, -0.25) is 0 Å². The molecule has 1 heterocycles. The molecule has 0 bridgehead atoms. The summed E-state index contributed by atoms with van der Waals surface area (Å²) >= 11 is 0. The van der Waals surface area contributed by atoms with Crippen LogP contribution in [0.2, 0.25) is 0 Å². The molecule has 0 saturated heterocycles. The number of ether oxygens (including phenoxy) is 1. The second kappa shape index (κ2) is 7.77. The van der Waals surface area contributed by atoms with Gasteiger partial charge in [0.1, 0.15) is 11.6 Å². The molecule has 1 aromatic heterocycles. The van der Waals surface area contributed by atoms with Crippen molar-refractivity contribution in [1.29, 1.82) is 0 Å². The van der Waals surface area contributed by atoms with Crippen molar-refractivity contribution >= 4 is 6.03 Å². The Labute approximate surface area is 141 Å². The van der Waals surface area contributed by atoms with Crippen molar-refractivity contribution in [1.82, 2.24) is 20.6 Å². The van der Waals surface area contributed by atoms with Crippen LogP contribution in [0.1, 0.15) is 29.8 Å². The monoisotopic (exact) mass is 326 g/mol. The summed E-state index contributed by atoms with van der Waals surface area (Å²) in [5, 5.41) is 5.87. The summed E-state index contributed by atoms with van der Waals surface area (Å²) in [6.45, 7) is 0.323. The van der Waals surface area contributed by atoms with E-state index < -0.39 is 0 Å². The number of amides is 2. The zero-order valence-electron chi connectivity index (χ0n) is 13.8. The van der Waals surface area contributed by atoms with Gasteiger partial charge < -0.3 is 15.4 Å². The lowest BCUT2D eigenvalue weighted by Crippen LogP contribution is -2.42. The summed E-state index contributed by atoms with van der Waals surface area (Å²) in [7, 11) is 1.70. The first kappa shape index (κ1) is 16.2. The van der Waals surface area contributed by atoms with Crippen LogP contribution in [0.25, 0.3) is 0 Å². The van der Waals surface area contributed by atoms with Gasteiger partial charge in [0.2, 0.25) is 0 Å². The Balaban J connectivity index is 1.58. The zero-order valence-corrected chi connectivity index (χ0v) is 13.8. The lowest BCUT2D eigenvalue weighted by molar-refractivity contribution is 0.235. The van der Waals surface area contributed by atoms with Crippen LogP contribution in [-0.4, -0.2) is 29.2 Å². The maximum Gasteiger partial charge on any atom is 0.315 e. The number of nitrogens with one attached hydrogen (secondary N) is 2. The summed E-state index contributed by atoms with van der Waals surface area (Å²) in [6, 6.07) is 7.81. The van der Waals surface area contributed by atoms with Crippen LogP contribution in [0.4, 0.5) is 4.79 Å². The molecule has 1 aliphatic rings. The highest BCUT2D eigenvalue weighted by atomic mass is 16.5. The normalized spacial score (nSPS) is 16.6. The van der Waals surface area contributed by atoms with Crippen LogP contribution in [0.15, 0.2) is 36.7 Å². The van der Waals surface area contributed by atoms with Gasteiger partial charge in [0.05, 0.1) is 13.7 Å². The van der Waals surface area contributed by atoms with E-state index in [0.717, 1.165) is 31.4 Å². The van der Waals surface area contributed by atoms with Crippen molar-refractivity contribution in [3.63, 3.8) is 0 Å². The van der Waals surface area contributed by atoms with E-state index in [1.807, 2.05) is 12.1 Å². The standard InChI is InChI=1S/C18H22N4O2/c1-24-16-8-2-5-13-11-14(6-3-7-15(13)16)22-18(23)21-12-17-19-9-4-10-20-17/h2,4-5,8-10,14H,3,6-7,11-12H2,1H3,(H2,21,22,23). The van der Waals surface area contributed by atoms with E-state index in [9.17, 15) is 4.79 Å². The van der Waals surface area contributed by atoms with Gasteiger partial charge in [-0.05, 0) is 48.9 Å². The number of aromatic nitrogens is 2. The number of rotatable bonds is 4. The van der Waals surface area contributed by atoms with Crippen LogP contribution in [0, 0.1) is 0 Å². The predicted molar refractivity (Wildman–Crippen MR) is 90.8 cm³/mol.